The molecule has 3 heteroatoms. The molecule has 2 aliphatic heterocycles. The third-order valence-electron chi connectivity index (χ3n) is 15.1. The van der Waals surface area contributed by atoms with E-state index in [0.717, 1.165) is 5.69 Å². The third-order valence-corrected chi connectivity index (χ3v) is 15.1. The van der Waals surface area contributed by atoms with Gasteiger partial charge in [-0.15, -0.1) is 0 Å². The lowest BCUT2D eigenvalue weighted by molar-refractivity contribution is 0.868. The molecular formula is C66H47BN2. The van der Waals surface area contributed by atoms with Gasteiger partial charge in [0, 0.05) is 33.5 Å². The van der Waals surface area contributed by atoms with Crippen LogP contribution in [0.1, 0.15) is 30.9 Å². The van der Waals surface area contributed by atoms with Crippen molar-refractivity contribution in [1.29, 1.82) is 0 Å². The van der Waals surface area contributed by atoms with Crippen LogP contribution in [0.4, 0.5) is 17.1 Å². The molecule has 0 bridgehead atoms. The summed E-state index contributed by atoms with van der Waals surface area (Å²) in [7, 11) is 0. The van der Waals surface area contributed by atoms with Crippen LogP contribution >= 0.6 is 0 Å². The van der Waals surface area contributed by atoms with Gasteiger partial charge in [-0.1, -0.05) is 196 Å². The molecule has 0 amide bonds. The highest BCUT2D eigenvalue weighted by molar-refractivity contribution is 7.02. The van der Waals surface area contributed by atoms with Gasteiger partial charge in [0.25, 0.3) is 6.71 Å². The van der Waals surface area contributed by atoms with Gasteiger partial charge in [0.1, 0.15) is 0 Å². The van der Waals surface area contributed by atoms with Gasteiger partial charge in [0.05, 0.1) is 11.0 Å². The normalized spacial score (nSPS) is 12.6. The fourth-order valence-electron chi connectivity index (χ4n) is 12.1. The second kappa shape index (κ2) is 15.3. The monoisotopic (exact) mass is 878 g/mol. The van der Waals surface area contributed by atoms with Crippen molar-refractivity contribution < 1.29 is 0 Å². The van der Waals surface area contributed by atoms with Gasteiger partial charge in [-0.05, 0) is 149 Å². The number of hydrogen-bond donors (Lipinski definition) is 0. The van der Waals surface area contributed by atoms with Crippen molar-refractivity contribution in [1.82, 2.24) is 4.57 Å². The lowest BCUT2D eigenvalue weighted by Gasteiger charge is -2.41. The second-order valence-corrected chi connectivity index (χ2v) is 19.4. The Morgan fingerprint density at radius 3 is 1.59 bits per heavy atom. The summed E-state index contributed by atoms with van der Waals surface area (Å²) in [5.41, 5.74) is 23.9. The van der Waals surface area contributed by atoms with Crippen molar-refractivity contribution in [3.8, 4) is 50.2 Å². The van der Waals surface area contributed by atoms with Crippen LogP contribution in [-0.2, 0) is 0 Å². The standard InChI is InChI=1S/C66H47BN2/c1-41(2)48-30-34-51-54-40-55-61(46-22-12-6-13-23-46)52-26-16-17-27-53(52)62(47-24-14-7-15-25-47)63(55)65-66(54)69(58(51)39-48)60-37-42(3)36-59-64(60)67(65)56-38-49(44-20-10-5-11-21-44)31-35-57(56)68(59)50-32-28-45(29-33-50)43-18-8-4-9-19-43/h4-41H,1-3H3. The Labute approximate surface area is 403 Å². The average molecular weight is 879 g/mol. The van der Waals surface area contributed by atoms with Crippen molar-refractivity contribution in [2.24, 2.45) is 0 Å². The number of fused-ring (bicyclic) bond motifs is 10. The first-order valence-electron chi connectivity index (χ1n) is 24.4. The Hall–Kier alpha value is -8.40. The van der Waals surface area contributed by atoms with Crippen LogP contribution in [0.5, 0.6) is 0 Å². The molecule has 69 heavy (non-hydrogen) atoms. The molecule has 0 aliphatic carbocycles. The zero-order chi connectivity index (χ0) is 45.9. The van der Waals surface area contributed by atoms with Crippen molar-refractivity contribution in [3.63, 3.8) is 0 Å². The van der Waals surface area contributed by atoms with Gasteiger partial charge < -0.3 is 9.47 Å². The fourth-order valence-corrected chi connectivity index (χ4v) is 12.1. The van der Waals surface area contributed by atoms with Crippen LogP contribution in [0.25, 0.3) is 93.5 Å². The van der Waals surface area contributed by atoms with E-state index in [0.29, 0.717) is 5.92 Å². The first-order valence-corrected chi connectivity index (χ1v) is 24.4. The molecule has 324 valence electrons. The van der Waals surface area contributed by atoms with Gasteiger partial charge >= 0.3 is 0 Å². The molecule has 14 rings (SSSR count). The SMILES string of the molecule is Cc1cc2c3c(c1)-n1c4cc(C(C)C)ccc4c4cc5c(-c6ccccc6)c6ccccc6c(-c6ccccc6)c5c(c41)B3c1cc(-c3ccccc3)ccc1N2c1ccc(-c2ccccc2)cc1. The summed E-state index contributed by atoms with van der Waals surface area (Å²) in [4.78, 5) is 2.56. The van der Waals surface area contributed by atoms with E-state index in [1.807, 2.05) is 0 Å². The number of nitrogens with zero attached hydrogens (tertiary/aromatic N) is 2. The quantitative estimate of drug-likeness (QED) is 0.119. The maximum atomic E-state index is 2.67. The summed E-state index contributed by atoms with van der Waals surface area (Å²) in [5, 5.41) is 7.71. The maximum Gasteiger partial charge on any atom is 0.253 e. The van der Waals surface area contributed by atoms with Crippen molar-refractivity contribution in [3.05, 3.63) is 236 Å². The van der Waals surface area contributed by atoms with Crippen molar-refractivity contribution >= 4 is 83.5 Å². The van der Waals surface area contributed by atoms with Gasteiger partial charge in [0.2, 0.25) is 0 Å². The topological polar surface area (TPSA) is 8.17 Å². The molecule has 0 saturated carbocycles. The van der Waals surface area contributed by atoms with Crippen LogP contribution in [0.15, 0.2) is 224 Å². The van der Waals surface area contributed by atoms with Crippen LogP contribution in [0.2, 0.25) is 0 Å². The zero-order valence-electron chi connectivity index (χ0n) is 38.9. The van der Waals surface area contributed by atoms with Crippen LogP contribution in [0.3, 0.4) is 0 Å². The summed E-state index contributed by atoms with van der Waals surface area (Å²) < 4.78 is 2.67. The number of benzene rings is 11. The van der Waals surface area contributed by atoms with Gasteiger partial charge in [-0.2, -0.15) is 0 Å². The number of hydrogen-bond acceptors (Lipinski definition) is 1. The van der Waals surface area contributed by atoms with Crippen LogP contribution in [0, 0.1) is 6.92 Å². The predicted molar refractivity (Wildman–Crippen MR) is 296 cm³/mol. The van der Waals surface area contributed by atoms with E-state index >= 15 is 0 Å². The number of aromatic nitrogens is 1. The minimum Gasteiger partial charge on any atom is -0.311 e. The summed E-state index contributed by atoms with van der Waals surface area (Å²) in [6, 6.07) is 84.4. The van der Waals surface area contributed by atoms with E-state index in [4.69, 9.17) is 0 Å². The Bertz CT molecular complexity index is 4020. The first-order chi connectivity index (χ1) is 34.0. The minimum absolute atomic E-state index is 0.103. The predicted octanol–water partition coefficient (Wildman–Crippen LogP) is 15.8. The Morgan fingerprint density at radius 2 is 0.942 bits per heavy atom. The Morgan fingerprint density at radius 1 is 0.391 bits per heavy atom. The molecule has 2 aliphatic rings. The molecule has 1 aromatic heterocycles. The molecule has 2 nitrogen and oxygen atoms in total. The van der Waals surface area contributed by atoms with Gasteiger partial charge in [0.15, 0.2) is 0 Å². The number of aryl methyl sites for hydroxylation is 1. The highest BCUT2D eigenvalue weighted by Crippen LogP contribution is 2.49. The molecule has 0 radical (unpaired) electrons. The highest BCUT2D eigenvalue weighted by Gasteiger charge is 2.44. The summed E-state index contributed by atoms with van der Waals surface area (Å²) in [6.45, 7) is 6.81. The van der Waals surface area contributed by atoms with E-state index in [1.54, 1.807) is 0 Å². The van der Waals surface area contributed by atoms with Gasteiger partial charge in [-0.25, -0.2) is 0 Å². The van der Waals surface area contributed by atoms with Crippen molar-refractivity contribution in [2.75, 3.05) is 4.90 Å². The molecule has 3 heterocycles. The molecule has 0 atom stereocenters. The molecule has 0 fully saturated rings. The van der Waals surface area contributed by atoms with E-state index < -0.39 is 0 Å². The minimum atomic E-state index is -0.103. The molecule has 12 aromatic rings. The molecule has 0 saturated heterocycles. The van der Waals surface area contributed by atoms with E-state index in [9.17, 15) is 0 Å². The average Bonchev–Trinajstić information content (AvgIpc) is 3.73. The lowest BCUT2D eigenvalue weighted by Crippen LogP contribution is -2.60. The fraction of sp³-hybridized carbons (Fsp3) is 0.0606. The molecule has 0 N–H and O–H groups in total. The highest BCUT2D eigenvalue weighted by atomic mass is 15.2. The second-order valence-electron chi connectivity index (χ2n) is 19.4. The lowest BCUT2D eigenvalue weighted by atomic mass is 9.33. The number of anilines is 3. The van der Waals surface area contributed by atoms with Crippen LogP contribution in [-0.4, -0.2) is 11.3 Å². The van der Waals surface area contributed by atoms with E-state index in [1.165, 1.54) is 132 Å². The Balaban J connectivity index is 1.20. The van der Waals surface area contributed by atoms with Crippen LogP contribution < -0.4 is 21.3 Å². The zero-order valence-corrected chi connectivity index (χ0v) is 38.9. The van der Waals surface area contributed by atoms with Crippen molar-refractivity contribution in [2.45, 2.75) is 26.7 Å². The largest absolute Gasteiger partial charge is 0.311 e. The number of rotatable bonds is 6. The van der Waals surface area contributed by atoms with E-state index in [-0.39, 0.29) is 6.71 Å². The first kappa shape index (κ1) is 39.7. The molecule has 11 aromatic carbocycles. The molecular weight excluding hydrogens is 832 g/mol. The smallest absolute Gasteiger partial charge is 0.253 e. The van der Waals surface area contributed by atoms with Gasteiger partial charge in [-0.3, -0.25) is 0 Å². The molecule has 0 spiro atoms. The third kappa shape index (κ3) is 5.93. The molecule has 0 unspecified atom stereocenters. The summed E-state index contributed by atoms with van der Waals surface area (Å²) in [5.74, 6) is 0.374. The summed E-state index contributed by atoms with van der Waals surface area (Å²) >= 11 is 0. The maximum absolute atomic E-state index is 2.67. The van der Waals surface area contributed by atoms with E-state index in [2.05, 4.69) is 255 Å². The Kier molecular flexibility index (Phi) is 8.82. The summed E-state index contributed by atoms with van der Waals surface area (Å²) in [6.07, 6.45) is 0.